The topological polar surface area (TPSA) is 49.9 Å². The van der Waals surface area contributed by atoms with Crippen molar-refractivity contribution in [3.05, 3.63) is 35.1 Å². The van der Waals surface area contributed by atoms with Gasteiger partial charge in [0.05, 0.1) is 0 Å². The zero-order chi connectivity index (χ0) is 8.43. The van der Waals surface area contributed by atoms with E-state index in [1.807, 2.05) is 0 Å². The molecule has 1 aromatic rings. The molecular weight excluding hydrogens is 143 g/mol. The molecule has 0 bridgehead atoms. The maximum Gasteiger partial charge on any atom is 0.126 e. The number of rotatable bonds is 1. The number of nitrogens with two attached hydrogens (primary N) is 1. The van der Waals surface area contributed by atoms with Crippen molar-refractivity contribution in [1.29, 1.82) is 5.41 Å². The van der Waals surface area contributed by atoms with Crippen molar-refractivity contribution in [3.8, 4) is 0 Å². The summed E-state index contributed by atoms with van der Waals surface area (Å²) in [5, 5.41) is 7.01. The molecule has 0 fully saturated rings. The minimum atomic E-state index is -0.322. The molecule has 0 saturated heterocycles. The molecule has 0 unspecified atom stereocenters. The summed E-state index contributed by atoms with van der Waals surface area (Å²) in [7, 11) is 0. The summed E-state index contributed by atoms with van der Waals surface area (Å²) in [6, 6.07) is 4.49. The van der Waals surface area contributed by atoms with Gasteiger partial charge in [-0.2, -0.15) is 0 Å². The molecule has 3 N–H and O–H groups in total. The third-order valence-corrected chi connectivity index (χ3v) is 1.48. The lowest BCUT2D eigenvalue weighted by Gasteiger charge is -1.99. The van der Waals surface area contributed by atoms with Gasteiger partial charge in [0.25, 0.3) is 0 Å². The second kappa shape index (κ2) is 2.70. The fourth-order valence-corrected chi connectivity index (χ4v) is 0.760. The van der Waals surface area contributed by atoms with Crippen LogP contribution in [0.1, 0.15) is 11.1 Å². The standard InChI is InChI=1S/C8H9FN2/c1-5-2-3-6(8(10)11)4-7(5)9/h2-4H,1H3,(H3,10,11). The van der Waals surface area contributed by atoms with E-state index in [2.05, 4.69) is 0 Å². The lowest BCUT2D eigenvalue weighted by atomic mass is 10.1. The third kappa shape index (κ3) is 1.55. The van der Waals surface area contributed by atoms with Crippen molar-refractivity contribution in [1.82, 2.24) is 0 Å². The van der Waals surface area contributed by atoms with Crippen LogP contribution in [0, 0.1) is 18.2 Å². The Hall–Kier alpha value is -1.38. The minimum Gasteiger partial charge on any atom is -0.384 e. The molecule has 0 aromatic heterocycles. The zero-order valence-corrected chi connectivity index (χ0v) is 6.19. The monoisotopic (exact) mass is 152 g/mol. The first-order chi connectivity index (χ1) is 5.11. The van der Waals surface area contributed by atoms with Crippen molar-refractivity contribution < 1.29 is 4.39 Å². The molecule has 1 aromatic carbocycles. The molecule has 0 aliphatic heterocycles. The predicted molar refractivity (Wildman–Crippen MR) is 42.2 cm³/mol. The van der Waals surface area contributed by atoms with E-state index in [1.165, 1.54) is 6.07 Å². The van der Waals surface area contributed by atoms with Crippen LogP contribution in [-0.4, -0.2) is 5.84 Å². The van der Waals surface area contributed by atoms with E-state index < -0.39 is 0 Å². The van der Waals surface area contributed by atoms with E-state index in [4.69, 9.17) is 11.1 Å². The van der Waals surface area contributed by atoms with Crippen LogP contribution < -0.4 is 5.73 Å². The highest BCUT2D eigenvalue weighted by molar-refractivity contribution is 5.94. The normalized spacial score (nSPS) is 9.64. The average molecular weight is 152 g/mol. The van der Waals surface area contributed by atoms with Crippen LogP contribution >= 0.6 is 0 Å². The van der Waals surface area contributed by atoms with Gasteiger partial charge in [-0.25, -0.2) is 4.39 Å². The summed E-state index contributed by atoms with van der Waals surface area (Å²) in [5.41, 5.74) is 6.14. The molecule has 11 heavy (non-hydrogen) atoms. The van der Waals surface area contributed by atoms with E-state index in [0.29, 0.717) is 11.1 Å². The van der Waals surface area contributed by atoms with E-state index in [0.717, 1.165) is 0 Å². The smallest absolute Gasteiger partial charge is 0.126 e. The van der Waals surface area contributed by atoms with Crippen LogP contribution in [0.5, 0.6) is 0 Å². The number of benzene rings is 1. The lowest BCUT2D eigenvalue weighted by Crippen LogP contribution is -2.11. The van der Waals surface area contributed by atoms with Crippen LogP contribution in [0.4, 0.5) is 4.39 Å². The third-order valence-electron chi connectivity index (χ3n) is 1.48. The molecule has 3 heteroatoms. The Morgan fingerprint density at radius 3 is 2.64 bits per heavy atom. The van der Waals surface area contributed by atoms with Crippen molar-refractivity contribution in [2.75, 3.05) is 0 Å². The molecule has 0 saturated carbocycles. The number of aryl methyl sites for hydroxylation is 1. The highest BCUT2D eigenvalue weighted by atomic mass is 19.1. The molecule has 2 nitrogen and oxygen atoms in total. The van der Waals surface area contributed by atoms with Crippen LogP contribution in [-0.2, 0) is 0 Å². The quantitative estimate of drug-likeness (QED) is 0.464. The van der Waals surface area contributed by atoms with Gasteiger partial charge in [-0.3, -0.25) is 5.41 Å². The van der Waals surface area contributed by atoms with E-state index in [9.17, 15) is 4.39 Å². The molecular formula is C8H9FN2. The summed E-state index contributed by atoms with van der Waals surface area (Å²) in [5.74, 6) is -0.429. The summed E-state index contributed by atoms with van der Waals surface area (Å²) >= 11 is 0. The molecule has 0 atom stereocenters. The van der Waals surface area contributed by atoms with E-state index in [1.54, 1.807) is 19.1 Å². The number of nitrogen functional groups attached to an aromatic ring is 1. The molecule has 0 radical (unpaired) electrons. The maximum atomic E-state index is 12.8. The van der Waals surface area contributed by atoms with Gasteiger partial charge >= 0.3 is 0 Å². The lowest BCUT2D eigenvalue weighted by molar-refractivity contribution is 0.618. The predicted octanol–water partition coefficient (Wildman–Crippen LogP) is 1.42. The SMILES string of the molecule is Cc1ccc(C(=N)N)cc1F. The van der Waals surface area contributed by atoms with Crippen LogP contribution in [0.3, 0.4) is 0 Å². The highest BCUT2D eigenvalue weighted by Gasteiger charge is 2.00. The van der Waals surface area contributed by atoms with Crippen LogP contribution in [0.15, 0.2) is 18.2 Å². The zero-order valence-electron chi connectivity index (χ0n) is 6.19. The van der Waals surface area contributed by atoms with Gasteiger partial charge in [0.1, 0.15) is 11.7 Å². The maximum absolute atomic E-state index is 12.8. The van der Waals surface area contributed by atoms with Gasteiger partial charge in [0, 0.05) is 5.56 Å². The molecule has 0 aliphatic carbocycles. The summed E-state index contributed by atoms with van der Waals surface area (Å²) in [4.78, 5) is 0. The summed E-state index contributed by atoms with van der Waals surface area (Å²) < 4.78 is 12.8. The molecule has 0 spiro atoms. The Bertz CT molecular complexity index is 294. The molecule has 0 aliphatic rings. The van der Waals surface area contributed by atoms with E-state index in [-0.39, 0.29) is 11.7 Å². The Labute approximate surface area is 64.4 Å². The number of nitrogens with one attached hydrogen (secondary N) is 1. The van der Waals surface area contributed by atoms with Crippen molar-refractivity contribution in [2.24, 2.45) is 5.73 Å². The fraction of sp³-hybridized carbons (Fsp3) is 0.125. The Morgan fingerprint density at radius 1 is 1.55 bits per heavy atom. The first-order valence-electron chi connectivity index (χ1n) is 3.22. The first kappa shape index (κ1) is 7.72. The fourth-order valence-electron chi connectivity index (χ4n) is 0.760. The Kier molecular flexibility index (Phi) is 1.89. The van der Waals surface area contributed by atoms with Gasteiger partial charge in [-0.15, -0.1) is 0 Å². The highest BCUT2D eigenvalue weighted by Crippen LogP contribution is 2.07. The summed E-state index contributed by atoms with van der Waals surface area (Å²) in [6.45, 7) is 1.67. The second-order valence-electron chi connectivity index (χ2n) is 2.38. The number of hydrogen-bond acceptors (Lipinski definition) is 1. The summed E-state index contributed by atoms with van der Waals surface area (Å²) in [6.07, 6.45) is 0. The molecule has 0 amide bonds. The van der Waals surface area contributed by atoms with Gasteiger partial charge < -0.3 is 5.73 Å². The Balaban J connectivity index is 3.15. The van der Waals surface area contributed by atoms with Gasteiger partial charge in [-0.05, 0) is 18.6 Å². The van der Waals surface area contributed by atoms with Crippen LogP contribution in [0.25, 0.3) is 0 Å². The second-order valence-corrected chi connectivity index (χ2v) is 2.38. The van der Waals surface area contributed by atoms with Crippen LogP contribution in [0.2, 0.25) is 0 Å². The number of halogens is 1. The number of amidine groups is 1. The van der Waals surface area contributed by atoms with Gasteiger partial charge in [0.15, 0.2) is 0 Å². The largest absolute Gasteiger partial charge is 0.384 e. The minimum absolute atomic E-state index is 0.107. The van der Waals surface area contributed by atoms with Crippen molar-refractivity contribution in [3.63, 3.8) is 0 Å². The average Bonchev–Trinajstić information content (AvgIpc) is 1.94. The first-order valence-corrected chi connectivity index (χ1v) is 3.22. The Morgan fingerprint density at radius 2 is 2.18 bits per heavy atom. The van der Waals surface area contributed by atoms with E-state index >= 15 is 0 Å². The van der Waals surface area contributed by atoms with Crippen molar-refractivity contribution in [2.45, 2.75) is 6.92 Å². The number of hydrogen-bond donors (Lipinski definition) is 2. The van der Waals surface area contributed by atoms with Gasteiger partial charge in [-0.1, -0.05) is 12.1 Å². The molecule has 1 rings (SSSR count). The molecule has 58 valence electrons. The van der Waals surface area contributed by atoms with Crippen molar-refractivity contribution >= 4 is 5.84 Å². The van der Waals surface area contributed by atoms with Gasteiger partial charge in [0.2, 0.25) is 0 Å². The molecule has 0 heterocycles.